The number of nitrogens with one attached hydrogen (secondary N) is 1. The number of carbonyl (C=O) groups excluding carboxylic acids is 1. The van der Waals surface area contributed by atoms with E-state index in [1.54, 1.807) is 16.4 Å². The second-order valence-corrected chi connectivity index (χ2v) is 10.3. The van der Waals surface area contributed by atoms with Gasteiger partial charge in [-0.05, 0) is 50.2 Å². The molecule has 1 atom stereocenters. The first-order valence-corrected chi connectivity index (χ1v) is 12.3. The molecule has 0 bridgehead atoms. The Morgan fingerprint density at radius 3 is 2.30 bits per heavy atom. The lowest BCUT2D eigenvalue weighted by molar-refractivity contribution is -0.125. The van der Waals surface area contributed by atoms with Gasteiger partial charge in [-0.25, -0.2) is 8.42 Å². The molecule has 1 aliphatic carbocycles. The van der Waals surface area contributed by atoms with E-state index in [-0.39, 0.29) is 32.6 Å². The highest BCUT2D eigenvalue weighted by Crippen LogP contribution is 2.26. The Labute approximate surface area is 184 Å². The van der Waals surface area contributed by atoms with Crippen molar-refractivity contribution in [1.29, 1.82) is 0 Å². The van der Waals surface area contributed by atoms with Crippen LogP contribution in [0.4, 0.5) is 0 Å². The number of rotatable bonds is 5. The molecule has 172 valence electrons. The van der Waals surface area contributed by atoms with Gasteiger partial charge in [0.25, 0.3) is 0 Å². The number of amides is 1. The van der Waals surface area contributed by atoms with E-state index in [0.29, 0.717) is 24.5 Å². The molecule has 1 aliphatic heterocycles. The molecule has 0 spiro atoms. The maximum Gasteiger partial charge on any atom is 0.243 e. The number of aryl methyl sites for hydroxylation is 1. The molecule has 0 aromatic heterocycles. The molecule has 6 heteroatoms. The van der Waals surface area contributed by atoms with Gasteiger partial charge >= 0.3 is 0 Å². The zero-order valence-electron chi connectivity index (χ0n) is 17.0. The van der Waals surface area contributed by atoms with Crippen LogP contribution in [0.5, 0.6) is 0 Å². The summed E-state index contributed by atoms with van der Waals surface area (Å²) in [4.78, 5) is 13.0. The quantitative estimate of drug-likeness (QED) is 0.692. The fourth-order valence-electron chi connectivity index (χ4n) is 4.50. The fraction of sp³-hybridized carbons (Fsp3) is 0.708. The average Bonchev–Trinajstić information content (AvgIpc) is 2.66. The zero-order valence-corrected chi connectivity index (χ0v) is 17.8. The first-order valence-electron chi connectivity index (χ1n) is 10.8. The predicted molar refractivity (Wildman–Crippen MR) is 125 cm³/mol. The number of carbonyl (C=O) groups is 1. The van der Waals surface area contributed by atoms with E-state index in [4.69, 9.17) is 0 Å². The Morgan fingerprint density at radius 1 is 1.00 bits per heavy atom. The van der Waals surface area contributed by atoms with Gasteiger partial charge in [0.2, 0.25) is 15.9 Å². The van der Waals surface area contributed by atoms with Gasteiger partial charge in [0, 0.05) is 25.6 Å². The van der Waals surface area contributed by atoms with Crippen molar-refractivity contribution in [3.63, 3.8) is 0 Å². The van der Waals surface area contributed by atoms with E-state index in [9.17, 15) is 13.2 Å². The van der Waals surface area contributed by atoms with Crippen LogP contribution in [0.15, 0.2) is 29.2 Å². The SMILES string of the molecule is C.C.Cc1ccccc1S(=O)(=O)N1CCCC(CNC(=O)C2CCCCCCC2)C1. The number of hydrogen-bond acceptors (Lipinski definition) is 3. The van der Waals surface area contributed by atoms with Crippen molar-refractivity contribution in [2.45, 2.75) is 84.5 Å². The monoisotopic (exact) mass is 438 g/mol. The summed E-state index contributed by atoms with van der Waals surface area (Å²) in [5.74, 6) is 0.488. The van der Waals surface area contributed by atoms with Gasteiger partial charge in [-0.3, -0.25) is 4.79 Å². The Kier molecular flexibility index (Phi) is 11.1. The van der Waals surface area contributed by atoms with Gasteiger partial charge in [0.05, 0.1) is 4.90 Å². The Bertz CT molecular complexity index is 755. The van der Waals surface area contributed by atoms with Crippen molar-refractivity contribution in [2.75, 3.05) is 19.6 Å². The van der Waals surface area contributed by atoms with Gasteiger partial charge in [-0.15, -0.1) is 0 Å². The summed E-state index contributed by atoms with van der Waals surface area (Å²) >= 11 is 0. The van der Waals surface area contributed by atoms with Crippen molar-refractivity contribution in [2.24, 2.45) is 11.8 Å². The van der Waals surface area contributed by atoms with Crippen LogP contribution in [0.3, 0.4) is 0 Å². The Morgan fingerprint density at radius 2 is 1.63 bits per heavy atom. The predicted octanol–water partition coefficient (Wildman–Crippen LogP) is 5.14. The van der Waals surface area contributed by atoms with E-state index in [1.807, 2.05) is 19.1 Å². The average molecular weight is 439 g/mol. The van der Waals surface area contributed by atoms with Crippen molar-refractivity contribution in [3.8, 4) is 0 Å². The fourth-order valence-corrected chi connectivity index (χ4v) is 6.28. The van der Waals surface area contributed by atoms with Gasteiger partial charge in [0.1, 0.15) is 0 Å². The summed E-state index contributed by atoms with van der Waals surface area (Å²) in [5, 5.41) is 3.13. The molecule has 2 fully saturated rings. The maximum absolute atomic E-state index is 13.0. The number of hydrogen-bond donors (Lipinski definition) is 1. The van der Waals surface area contributed by atoms with Crippen LogP contribution in [0.2, 0.25) is 0 Å². The van der Waals surface area contributed by atoms with E-state index in [0.717, 1.165) is 44.1 Å². The topological polar surface area (TPSA) is 66.5 Å². The lowest BCUT2D eigenvalue weighted by atomic mass is 9.90. The van der Waals surface area contributed by atoms with Gasteiger partial charge in [0.15, 0.2) is 0 Å². The number of piperidine rings is 1. The minimum absolute atomic E-state index is 0. The van der Waals surface area contributed by atoms with Crippen molar-refractivity contribution in [1.82, 2.24) is 9.62 Å². The maximum atomic E-state index is 13.0. The second-order valence-electron chi connectivity index (χ2n) is 8.42. The van der Waals surface area contributed by atoms with Crippen LogP contribution < -0.4 is 5.32 Å². The van der Waals surface area contributed by atoms with E-state index >= 15 is 0 Å². The molecule has 1 N–H and O–H groups in total. The lowest BCUT2D eigenvalue weighted by Crippen LogP contribution is -2.44. The molecular weight excluding hydrogens is 396 g/mol. The summed E-state index contributed by atoms with van der Waals surface area (Å²) in [6.07, 6.45) is 9.83. The molecule has 2 aliphatic rings. The number of sulfonamides is 1. The third kappa shape index (κ3) is 6.81. The van der Waals surface area contributed by atoms with Crippen molar-refractivity contribution >= 4 is 15.9 Å². The summed E-state index contributed by atoms with van der Waals surface area (Å²) in [7, 11) is -3.47. The molecule has 1 aromatic rings. The minimum Gasteiger partial charge on any atom is -0.356 e. The van der Waals surface area contributed by atoms with Crippen molar-refractivity contribution in [3.05, 3.63) is 29.8 Å². The highest BCUT2D eigenvalue weighted by atomic mass is 32.2. The molecule has 30 heavy (non-hydrogen) atoms. The van der Waals surface area contributed by atoms with Crippen LogP contribution in [-0.4, -0.2) is 38.3 Å². The van der Waals surface area contributed by atoms with Crippen LogP contribution in [-0.2, 0) is 14.8 Å². The zero-order chi connectivity index (χ0) is 20.0. The van der Waals surface area contributed by atoms with Crippen molar-refractivity contribution < 1.29 is 13.2 Å². The molecular formula is C24H42N2O3S. The van der Waals surface area contributed by atoms with Crippen LogP contribution >= 0.6 is 0 Å². The van der Waals surface area contributed by atoms with Gasteiger partial charge in [-0.2, -0.15) is 4.31 Å². The lowest BCUT2D eigenvalue weighted by Gasteiger charge is -2.32. The first-order chi connectivity index (χ1) is 13.5. The minimum atomic E-state index is -3.47. The molecule has 1 unspecified atom stereocenters. The summed E-state index contributed by atoms with van der Waals surface area (Å²) in [6, 6.07) is 7.16. The molecule has 1 saturated carbocycles. The third-order valence-electron chi connectivity index (χ3n) is 6.23. The normalized spacial score (nSPS) is 21.4. The molecule has 1 saturated heterocycles. The Hall–Kier alpha value is -1.40. The first kappa shape index (κ1) is 26.6. The third-order valence-corrected chi connectivity index (χ3v) is 8.26. The van der Waals surface area contributed by atoms with E-state index in [2.05, 4.69) is 5.32 Å². The standard InChI is InChI=1S/C22H34N2O3S.2CH4/c1-18-10-7-8-14-21(18)28(26,27)24-15-9-11-19(17-24)16-23-22(25)20-12-5-3-2-4-6-13-20;;/h7-8,10,14,19-20H,2-6,9,11-13,15-17H2,1H3,(H,23,25);2*1H4. The highest BCUT2D eigenvalue weighted by Gasteiger charge is 2.31. The second kappa shape index (κ2) is 12.5. The molecule has 3 rings (SSSR count). The van der Waals surface area contributed by atoms with Gasteiger partial charge < -0.3 is 5.32 Å². The molecule has 5 nitrogen and oxygen atoms in total. The summed E-state index contributed by atoms with van der Waals surface area (Å²) in [6.45, 7) is 3.46. The Balaban J connectivity index is 0.00000225. The summed E-state index contributed by atoms with van der Waals surface area (Å²) in [5.41, 5.74) is 0.780. The smallest absolute Gasteiger partial charge is 0.243 e. The van der Waals surface area contributed by atoms with E-state index in [1.165, 1.54) is 19.3 Å². The van der Waals surface area contributed by atoms with Crippen LogP contribution in [0.25, 0.3) is 0 Å². The van der Waals surface area contributed by atoms with Crippen LogP contribution in [0.1, 0.15) is 78.2 Å². The molecule has 1 amide bonds. The molecule has 0 radical (unpaired) electrons. The summed E-state index contributed by atoms with van der Waals surface area (Å²) < 4.78 is 27.7. The molecule has 1 aromatic carbocycles. The number of nitrogens with zero attached hydrogens (tertiary/aromatic N) is 1. The largest absolute Gasteiger partial charge is 0.356 e. The van der Waals surface area contributed by atoms with Crippen LogP contribution in [0, 0.1) is 18.8 Å². The van der Waals surface area contributed by atoms with E-state index < -0.39 is 10.0 Å². The number of benzene rings is 1. The highest BCUT2D eigenvalue weighted by molar-refractivity contribution is 7.89. The molecule has 1 heterocycles. The van der Waals surface area contributed by atoms with Gasteiger partial charge in [-0.1, -0.05) is 65.2 Å².